The molecule has 63 heavy (non-hydrogen) atoms. The average Bonchev–Trinajstić information content (AvgIpc) is 3.93. The second-order valence-electron chi connectivity index (χ2n) is 17.7. The Morgan fingerprint density at radius 2 is 0.952 bits per heavy atom. The van der Waals surface area contributed by atoms with E-state index in [-0.39, 0.29) is 5.41 Å². The number of hydrogen-bond donors (Lipinski definition) is 0. The Morgan fingerprint density at radius 1 is 0.365 bits per heavy atom. The molecule has 0 fully saturated rings. The summed E-state index contributed by atoms with van der Waals surface area (Å²) >= 11 is 0. The molecule has 294 valence electrons. The Bertz CT molecular complexity index is 4080. The van der Waals surface area contributed by atoms with E-state index >= 15 is 0 Å². The van der Waals surface area contributed by atoms with E-state index in [1.54, 1.807) is 0 Å². The summed E-state index contributed by atoms with van der Waals surface area (Å²) in [6, 6.07) is 70.9. The van der Waals surface area contributed by atoms with Crippen molar-refractivity contribution in [2.24, 2.45) is 0 Å². The molecule has 0 amide bonds. The maximum Gasteiger partial charge on any atom is 0.165 e. The molecule has 13 aromatic rings. The number of nitrogens with zero attached hydrogens (tertiary/aromatic N) is 4. The quantitative estimate of drug-likeness (QED) is 0.167. The molecule has 0 bridgehead atoms. The normalized spacial score (nSPS) is 13.4. The Morgan fingerprint density at radius 3 is 1.75 bits per heavy atom. The Kier molecular flexibility index (Phi) is 6.87. The highest BCUT2D eigenvalue weighted by molar-refractivity contribution is 6.36. The fourth-order valence-corrected chi connectivity index (χ4v) is 11.2. The molecule has 0 radical (unpaired) electrons. The van der Waals surface area contributed by atoms with Gasteiger partial charge in [0.15, 0.2) is 5.82 Å². The summed E-state index contributed by atoms with van der Waals surface area (Å²) in [4.78, 5) is 11.8. The first-order valence-corrected chi connectivity index (χ1v) is 21.8. The molecule has 14 rings (SSSR count). The first-order valence-electron chi connectivity index (χ1n) is 21.8. The van der Waals surface area contributed by atoms with E-state index in [1.165, 1.54) is 64.8 Å². The topological polar surface area (TPSA) is 35.6 Å². The molecule has 0 unspecified atom stereocenters. The summed E-state index contributed by atoms with van der Waals surface area (Å²) in [5, 5.41) is 14.7. The van der Waals surface area contributed by atoms with E-state index < -0.39 is 0 Å². The first kappa shape index (κ1) is 34.6. The van der Waals surface area contributed by atoms with Crippen molar-refractivity contribution >= 4 is 86.7 Å². The van der Waals surface area contributed by atoms with Gasteiger partial charge in [0, 0.05) is 49.2 Å². The minimum atomic E-state index is -0.356. The van der Waals surface area contributed by atoms with E-state index in [2.05, 4.69) is 217 Å². The number of aromatic nitrogens is 4. The van der Waals surface area contributed by atoms with Crippen molar-refractivity contribution in [3.63, 3.8) is 0 Å². The number of rotatable bonds is 3. The third-order valence-corrected chi connectivity index (χ3v) is 14.0. The van der Waals surface area contributed by atoms with E-state index in [9.17, 15) is 0 Å². The fourth-order valence-electron chi connectivity index (χ4n) is 11.2. The molecule has 3 heterocycles. The van der Waals surface area contributed by atoms with Crippen LogP contribution in [0.1, 0.15) is 25.1 Å². The maximum absolute atomic E-state index is 5.93. The van der Waals surface area contributed by atoms with Crippen LogP contribution in [0.15, 0.2) is 194 Å². The zero-order chi connectivity index (χ0) is 41.6. The van der Waals surface area contributed by atoms with Crippen LogP contribution in [0.4, 0.5) is 0 Å². The number of fused-ring (bicyclic) bond motifs is 17. The van der Waals surface area contributed by atoms with Gasteiger partial charge in [-0.2, -0.15) is 0 Å². The lowest BCUT2D eigenvalue weighted by Crippen LogP contribution is -2.18. The lowest BCUT2D eigenvalue weighted by atomic mass is 9.85. The largest absolute Gasteiger partial charge is 0.309 e. The Balaban J connectivity index is 1.20. The highest BCUT2D eigenvalue weighted by Gasteiger charge is 2.40. The highest BCUT2D eigenvalue weighted by atomic mass is 15.1. The molecule has 4 nitrogen and oxygen atoms in total. The van der Waals surface area contributed by atoms with Crippen molar-refractivity contribution in [3.8, 4) is 34.0 Å². The summed E-state index contributed by atoms with van der Waals surface area (Å²) in [5.41, 5.74) is 11.5. The molecular weight excluding hydrogens is 765 g/mol. The average molecular weight is 803 g/mol. The molecule has 1 aliphatic carbocycles. The summed E-state index contributed by atoms with van der Waals surface area (Å²) in [5.74, 6) is 0.824. The smallest absolute Gasteiger partial charge is 0.165 e. The van der Waals surface area contributed by atoms with Gasteiger partial charge in [-0.1, -0.05) is 166 Å². The van der Waals surface area contributed by atoms with Crippen LogP contribution < -0.4 is 0 Å². The molecule has 0 saturated heterocycles. The number of para-hydroxylation sites is 2. The Hall–Kier alpha value is -8.08. The van der Waals surface area contributed by atoms with E-state index in [1.807, 2.05) is 0 Å². The lowest BCUT2D eigenvalue weighted by Gasteiger charge is -2.22. The second-order valence-corrected chi connectivity index (χ2v) is 17.7. The first-order chi connectivity index (χ1) is 31.0. The molecule has 3 aromatic heterocycles. The van der Waals surface area contributed by atoms with Gasteiger partial charge < -0.3 is 4.57 Å². The minimum Gasteiger partial charge on any atom is -0.309 e. The molecule has 0 saturated carbocycles. The van der Waals surface area contributed by atoms with Gasteiger partial charge in [-0.05, 0) is 85.7 Å². The monoisotopic (exact) mass is 802 g/mol. The molecule has 4 heteroatoms. The summed E-state index contributed by atoms with van der Waals surface area (Å²) < 4.78 is 4.83. The molecule has 1 aliphatic rings. The predicted octanol–water partition coefficient (Wildman–Crippen LogP) is 15.3. The van der Waals surface area contributed by atoms with Crippen molar-refractivity contribution in [2.75, 3.05) is 0 Å². The van der Waals surface area contributed by atoms with E-state index in [4.69, 9.17) is 9.97 Å². The van der Waals surface area contributed by atoms with E-state index in [0.717, 1.165) is 67.2 Å². The zero-order valence-electron chi connectivity index (χ0n) is 34.8. The van der Waals surface area contributed by atoms with Gasteiger partial charge in [0.05, 0.1) is 33.5 Å². The van der Waals surface area contributed by atoms with Crippen LogP contribution >= 0.6 is 0 Å². The van der Waals surface area contributed by atoms with Crippen LogP contribution in [0.2, 0.25) is 0 Å². The number of benzene rings is 10. The van der Waals surface area contributed by atoms with E-state index in [0.29, 0.717) is 0 Å². The Labute approximate surface area is 362 Å². The van der Waals surface area contributed by atoms with Gasteiger partial charge in [0.2, 0.25) is 0 Å². The lowest BCUT2D eigenvalue weighted by molar-refractivity contribution is 0.635. The zero-order valence-corrected chi connectivity index (χ0v) is 34.8. The van der Waals surface area contributed by atoms with Crippen molar-refractivity contribution in [2.45, 2.75) is 19.3 Å². The predicted molar refractivity (Wildman–Crippen MR) is 264 cm³/mol. The molecule has 0 spiro atoms. The van der Waals surface area contributed by atoms with Crippen LogP contribution in [0.3, 0.4) is 0 Å². The third kappa shape index (κ3) is 4.59. The number of hydrogen-bond acceptors (Lipinski definition) is 2. The van der Waals surface area contributed by atoms with Gasteiger partial charge in [0.1, 0.15) is 5.69 Å². The van der Waals surface area contributed by atoms with Crippen LogP contribution in [0.25, 0.3) is 121 Å². The highest BCUT2D eigenvalue weighted by Crippen LogP contribution is 2.51. The second kappa shape index (κ2) is 12.5. The van der Waals surface area contributed by atoms with Crippen molar-refractivity contribution in [1.29, 1.82) is 0 Å². The van der Waals surface area contributed by atoms with Crippen LogP contribution in [-0.4, -0.2) is 19.1 Å². The maximum atomic E-state index is 5.93. The van der Waals surface area contributed by atoms with Crippen molar-refractivity contribution in [1.82, 2.24) is 19.1 Å². The van der Waals surface area contributed by atoms with Crippen LogP contribution in [0, 0.1) is 0 Å². The van der Waals surface area contributed by atoms with Gasteiger partial charge in [-0.25, -0.2) is 9.97 Å². The van der Waals surface area contributed by atoms with Crippen LogP contribution in [-0.2, 0) is 5.41 Å². The van der Waals surface area contributed by atoms with Crippen molar-refractivity contribution in [3.05, 3.63) is 205 Å². The van der Waals surface area contributed by atoms with Gasteiger partial charge in [-0.3, -0.25) is 4.57 Å². The summed E-state index contributed by atoms with van der Waals surface area (Å²) in [6.07, 6.45) is 0. The molecular formula is C59H38N4. The standard InChI is InChI=1S/C59H38N4/c1-59(2)47-28-14-12-25-43(47)55-57(59)60-56(45-27-16-30-49-52(45)44-26-13-15-29-48(44)62(49)37-19-4-3-5-20-37)58(61-55)63-50-32-31-42-40-23-9-8-21-38(40)39-22-10-11-24-41(39)53(42)54(50)46-33-35-17-6-7-18-36(35)34-51(46)63/h3-34H,1-2H3. The van der Waals surface area contributed by atoms with Gasteiger partial charge in [0.25, 0.3) is 0 Å². The summed E-state index contributed by atoms with van der Waals surface area (Å²) in [6.45, 7) is 4.59. The van der Waals surface area contributed by atoms with Crippen molar-refractivity contribution < 1.29 is 0 Å². The fraction of sp³-hybridized carbons (Fsp3) is 0.0508. The van der Waals surface area contributed by atoms with Gasteiger partial charge in [-0.15, -0.1) is 0 Å². The molecule has 0 aliphatic heterocycles. The SMILES string of the molecule is CC1(C)c2ccccc2-c2nc(-n3c4cc5ccccc5cc4c4c5c6ccccc6c6ccccc6c5ccc43)c(-c3cccc4c3c3ccccc3n4-c3ccccc3)nc21. The molecule has 10 aromatic carbocycles. The van der Waals surface area contributed by atoms with Crippen LogP contribution in [0.5, 0.6) is 0 Å². The molecule has 0 N–H and O–H groups in total. The summed E-state index contributed by atoms with van der Waals surface area (Å²) in [7, 11) is 0. The van der Waals surface area contributed by atoms with Gasteiger partial charge >= 0.3 is 0 Å². The third-order valence-electron chi connectivity index (χ3n) is 14.0. The molecule has 0 atom stereocenters. The minimum absolute atomic E-state index is 0.356.